The Bertz CT molecular complexity index is 322. The fourth-order valence-electron chi connectivity index (χ4n) is 1.82. The Morgan fingerprint density at radius 1 is 0.950 bits per heavy atom. The number of aliphatic carboxylic acids is 1. The molecule has 2 N–H and O–H groups in total. The van der Waals surface area contributed by atoms with E-state index in [4.69, 9.17) is 10.2 Å². The molecule has 0 fully saturated rings. The van der Waals surface area contributed by atoms with Gasteiger partial charge in [-0.15, -0.1) is 0 Å². The molecule has 0 saturated heterocycles. The molecule has 1 aromatic rings. The number of aliphatic hydroxyl groups excluding tert-OH is 1. The number of unbranched alkanes of at least 4 members (excludes halogenated alkanes) is 6. The highest BCUT2D eigenvalue weighted by atomic mass is 16.4. The molecular weight excluding hydrogens is 252 g/mol. The Hall–Kier alpha value is -1.35. The predicted octanol–water partition coefficient (Wildman–Crippen LogP) is 4.39. The van der Waals surface area contributed by atoms with Gasteiger partial charge in [-0.1, -0.05) is 75.8 Å². The van der Waals surface area contributed by atoms with E-state index in [1.165, 1.54) is 32.1 Å². The van der Waals surface area contributed by atoms with Crippen molar-refractivity contribution in [2.75, 3.05) is 0 Å². The van der Waals surface area contributed by atoms with E-state index in [1.54, 1.807) is 0 Å². The molecule has 0 heterocycles. The quantitative estimate of drug-likeness (QED) is 0.659. The van der Waals surface area contributed by atoms with E-state index >= 15 is 0 Å². The van der Waals surface area contributed by atoms with Crippen LogP contribution in [0.25, 0.3) is 0 Å². The standard InChI is InChI=1S/C10H20O2.C7H8O/c1-2-3-4-5-6-7-8-9-10(11)12;8-6-7-4-2-1-3-5-7/h2-9H2,1H3,(H,11,12);1-5,8H,6H2. The highest BCUT2D eigenvalue weighted by molar-refractivity contribution is 5.66. The number of hydrogen-bond acceptors (Lipinski definition) is 2. The van der Waals surface area contributed by atoms with Crippen molar-refractivity contribution < 1.29 is 15.0 Å². The van der Waals surface area contributed by atoms with Crippen LogP contribution in [0.15, 0.2) is 30.3 Å². The molecule has 0 unspecified atom stereocenters. The van der Waals surface area contributed by atoms with E-state index in [-0.39, 0.29) is 6.61 Å². The molecule has 0 aliphatic heterocycles. The van der Waals surface area contributed by atoms with Crippen LogP contribution < -0.4 is 0 Å². The third kappa shape index (κ3) is 13.1. The van der Waals surface area contributed by atoms with Crippen molar-refractivity contribution in [3.63, 3.8) is 0 Å². The molecule has 0 atom stereocenters. The first-order valence-electron chi connectivity index (χ1n) is 7.57. The average molecular weight is 280 g/mol. The van der Waals surface area contributed by atoms with Gasteiger partial charge in [-0.25, -0.2) is 0 Å². The van der Waals surface area contributed by atoms with Crippen LogP contribution in [0, 0.1) is 0 Å². The van der Waals surface area contributed by atoms with Crippen LogP contribution in [0.5, 0.6) is 0 Å². The Morgan fingerprint density at radius 3 is 1.95 bits per heavy atom. The maximum Gasteiger partial charge on any atom is 0.303 e. The minimum atomic E-state index is -0.663. The van der Waals surface area contributed by atoms with Crippen molar-refractivity contribution in [2.45, 2.75) is 64.9 Å². The molecule has 0 bridgehead atoms. The van der Waals surface area contributed by atoms with Gasteiger partial charge in [0.05, 0.1) is 6.61 Å². The number of carbonyl (C=O) groups is 1. The summed E-state index contributed by atoms with van der Waals surface area (Å²) in [6, 6.07) is 9.52. The van der Waals surface area contributed by atoms with Crippen molar-refractivity contribution in [3.8, 4) is 0 Å². The molecule has 0 saturated carbocycles. The van der Waals surface area contributed by atoms with Gasteiger partial charge in [-0.2, -0.15) is 0 Å². The highest BCUT2D eigenvalue weighted by Crippen LogP contribution is 2.07. The highest BCUT2D eigenvalue weighted by Gasteiger charge is 1.95. The first kappa shape index (κ1) is 18.7. The minimum Gasteiger partial charge on any atom is -0.481 e. The van der Waals surface area contributed by atoms with E-state index in [0.29, 0.717) is 6.42 Å². The van der Waals surface area contributed by atoms with Crippen LogP contribution in [-0.4, -0.2) is 16.2 Å². The summed E-state index contributed by atoms with van der Waals surface area (Å²) in [5.74, 6) is -0.663. The van der Waals surface area contributed by atoms with E-state index in [1.807, 2.05) is 30.3 Å². The Balaban J connectivity index is 0.000000388. The number of aliphatic hydroxyl groups is 1. The van der Waals surface area contributed by atoms with Crippen LogP contribution in [0.2, 0.25) is 0 Å². The summed E-state index contributed by atoms with van der Waals surface area (Å²) in [7, 11) is 0. The number of carboxylic acids is 1. The van der Waals surface area contributed by atoms with Crippen molar-refractivity contribution in [3.05, 3.63) is 35.9 Å². The normalized spacial score (nSPS) is 9.70. The summed E-state index contributed by atoms with van der Waals surface area (Å²) in [5.41, 5.74) is 0.965. The zero-order valence-electron chi connectivity index (χ0n) is 12.6. The maximum atomic E-state index is 10.1. The number of benzene rings is 1. The second-order valence-corrected chi connectivity index (χ2v) is 4.91. The van der Waals surface area contributed by atoms with Gasteiger partial charge in [0.2, 0.25) is 0 Å². The molecule has 114 valence electrons. The summed E-state index contributed by atoms with van der Waals surface area (Å²) < 4.78 is 0. The second-order valence-electron chi connectivity index (χ2n) is 4.91. The van der Waals surface area contributed by atoms with E-state index < -0.39 is 5.97 Å². The lowest BCUT2D eigenvalue weighted by molar-refractivity contribution is -0.137. The molecule has 0 aromatic heterocycles. The van der Waals surface area contributed by atoms with Crippen LogP contribution in [0.4, 0.5) is 0 Å². The van der Waals surface area contributed by atoms with Gasteiger partial charge < -0.3 is 10.2 Å². The lowest BCUT2D eigenvalue weighted by Crippen LogP contribution is -1.93. The van der Waals surface area contributed by atoms with Gasteiger partial charge in [0, 0.05) is 6.42 Å². The zero-order chi connectivity index (χ0) is 15.1. The Kier molecular flexibility index (Phi) is 13.1. The van der Waals surface area contributed by atoms with Gasteiger partial charge in [-0.05, 0) is 12.0 Å². The van der Waals surface area contributed by atoms with Gasteiger partial charge in [0.25, 0.3) is 0 Å². The molecule has 1 rings (SSSR count). The molecule has 0 aliphatic rings. The van der Waals surface area contributed by atoms with Gasteiger partial charge >= 0.3 is 5.97 Å². The number of hydrogen-bond donors (Lipinski definition) is 2. The van der Waals surface area contributed by atoms with E-state index in [9.17, 15) is 4.79 Å². The molecule has 1 aromatic carbocycles. The summed E-state index contributed by atoms with van der Waals surface area (Å²) in [6.07, 6.45) is 8.64. The summed E-state index contributed by atoms with van der Waals surface area (Å²) >= 11 is 0. The van der Waals surface area contributed by atoms with E-state index in [0.717, 1.165) is 18.4 Å². The van der Waals surface area contributed by atoms with Crippen molar-refractivity contribution in [1.29, 1.82) is 0 Å². The third-order valence-electron chi connectivity index (χ3n) is 3.02. The summed E-state index contributed by atoms with van der Waals surface area (Å²) in [6.45, 7) is 2.34. The molecule has 0 aliphatic carbocycles. The monoisotopic (exact) mass is 280 g/mol. The number of carboxylic acid groups (broad SMARTS) is 1. The van der Waals surface area contributed by atoms with Crippen molar-refractivity contribution in [1.82, 2.24) is 0 Å². The molecule has 3 nitrogen and oxygen atoms in total. The molecule has 3 heteroatoms. The SMILES string of the molecule is CCCCCCCCCC(=O)O.OCc1ccccc1. The molecule has 0 amide bonds. The van der Waals surface area contributed by atoms with Crippen molar-refractivity contribution >= 4 is 5.97 Å². The largest absolute Gasteiger partial charge is 0.481 e. The van der Waals surface area contributed by atoms with Crippen LogP contribution in [-0.2, 0) is 11.4 Å². The first-order valence-corrected chi connectivity index (χ1v) is 7.57. The van der Waals surface area contributed by atoms with Gasteiger partial charge in [-0.3, -0.25) is 4.79 Å². The van der Waals surface area contributed by atoms with Crippen molar-refractivity contribution in [2.24, 2.45) is 0 Å². The zero-order valence-corrected chi connectivity index (χ0v) is 12.6. The average Bonchev–Trinajstić information content (AvgIpc) is 2.47. The molecular formula is C17H28O3. The Labute approximate surface area is 122 Å². The first-order chi connectivity index (χ1) is 9.70. The fraction of sp³-hybridized carbons (Fsp3) is 0.588. The van der Waals surface area contributed by atoms with Crippen LogP contribution in [0.3, 0.4) is 0 Å². The fourth-order valence-corrected chi connectivity index (χ4v) is 1.82. The molecule has 0 radical (unpaired) electrons. The van der Waals surface area contributed by atoms with Gasteiger partial charge in [0.15, 0.2) is 0 Å². The van der Waals surface area contributed by atoms with Crippen LogP contribution in [0.1, 0.15) is 63.9 Å². The smallest absolute Gasteiger partial charge is 0.303 e. The second kappa shape index (κ2) is 14.1. The molecule has 20 heavy (non-hydrogen) atoms. The molecule has 0 spiro atoms. The summed E-state index contributed by atoms with van der Waals surface area (Å²) in [5, 5.41) is 16.9. The lowest BCUT2D eigenvalue weighted by Gasteiger charge is -1.98. The lowest BCUT2D eigenvalue weighted by atomic mass is 10.1. The topological polar surface area (TPSA) is 57.5 Å². The maximum absolute atomic E-state index is 10.1. The van der Waals surface area contributed by atoms with Crippen LogP contribution >= 0.6 is 0 Å². The minimum absolute atomic E-state index is 0.140. The predicted molar refractivity (Wildman–Crippen MR) is 82.6 cm³/mol. The third-order valence-corrected chi connectivity index (χ3v) is 3.02. The van der Waals surface area contributed by atoms with Gasteiger partial charge in [0.1, 0.15) is 0 Å². The number of rotatable bonds is 9. The Morgan fingerprint density at radius 2 is 1.50 bits per heavy atom. The summed E-state index contributed by atoms with van der Waals surface area (Å²) in [4.78, 5) is 10.1. The van der Waals surface area contributed by atoms with E-state index in [2.05, 4.69) is 6.92 Å².